The minimum atomic E-state index is -0.561. The van der Waals surface area contributed by atoms with Crippen LogP contribution in [0.15, 0.2) is 36.4 Å². The summed E-state index contributed by atoms with van der Waals surface area (Å²) in [5, 5.41) is 2.95. The van der Waals surface area contributed by atoms with Crippen molar-refractivity contribution in [3.63, 3.8) is 0 Å². The lowest BCUT2D eigenvalue weighted by atomic mass is 9.91. The van der Waals surface area contributed by atoms with E-state index >= 15 is 0 Å². The van der Waals surface area contributed by atoms with Gasteiger partial charge in [-0.1, -0.05) is 18.2 Å². The summed E-state index contributed by atoms with van der Waals surface area (Å²) in [4.78, 5) is 12.6. The van der Waals surface area contributed by atoms with Gasteiger partial charge in [0, 0.05) is 6.54 Å². The molecule has 0 radical (unpaired) electrons. The Bertz CT molecular complexity index is 847. The summed E-state index contributed by atoms with van der Waals surface area (Å²) in [5.74, 6) is 2.05. The van der Waals surface area contributed by atoms with Crippen LogP contribution < -0.4 is 19.5 Å². The third kappa shape index (κ3) is 5.43. The average molecular weight is 398 g/mol. The van der Waals surface area contributed by atoms with E-state index in [-0.39, 0.29) is 12.0 Å². The van der Waals surface area contributed by atoms with E-state index in [1.807, 2.05) is 44.2 Å². The first-order valence-corrected chi connectivity index (χ1v) is 10.4. The number of aryl methyl sites for hydroxylation is 1. The molecule has 0 unspecified atom stereocenters. The number of methoxy groups -OCH3 is 1. The molecule has 0 aliphatic heterocycles. The molecular weight excluding hydrogens is 366 g/mol. The number of carbonyl (C=O) groups excluding carboxylic acids is 1. The van der Waals surface area contributed by atoms with Crippen molar-refractivity contribution in [1.29, 1.82) is 0 Å². The zero-order valence-electron chi connectivity index (χ0n) is 17.8. The Morgan fingerprint density at radius 2 is 1.79 bits per heavy atom. The van der Waals surface area contributed by atoms with Crippen LogP contribution in [-0.4, -0.2) is 25.2 Å². The van der Waals surface area contributed by atoms with Crippen LogP contribution in [0.2, 0.25) is 0 Å². The molecule has 2 aromatic carbocycles. The Balaban J connectivity index is 1.59. The second kappa shape index (κ2) is 9.68. The van der Waals surface area contributed by atoms with E-state index in [1.165, 1.54) is 24.0 Å². The van der Waals surface area contributed by atoms with Crippen LogP contribution in [0.4, 0.5) is 0 Å². The van der Waals surface area contributed by atoms with Gasteiger partial charge in [0.05, 0.1) is 13.2 Å². The number of hydrogen-bond acceptors (Lipinski definition) is 4. The topological polar surface area (TPSA) is 56.8 Å². The normalized spacial score (nSPS) is 14.1. The first-order valence-electron chi connectivity index (χ1n) is 10.4. The molecule has 29 heavy (non-hydrogen) atoms. The molecule has 1 aliphatic carbocycles. The first-order chi connectivity index (χ1) is 14.0. The number of amides is 1. The van der Waals surface area contributed by atoms with E-state index in [9.17, 15) is 4.79 Å². The van der Waals surface area contributed by atoms with Crippen LogP contribution in [0.3, 0.4) is 0 Å². The zero-order valence-corrected chi connectivity index (χ0v) is 17.8. The molecule has 0 spiro atoms. The van der Waals surface area contributed by atoms with Gasteiger partial charge in [0.25, 0.3) is 5.91 Å². The van der Waals surface area contributed by atoms with Gasteiger partial charge in [0.15, 0.2) is 17.6 Å². The molecule has 1 N–H and O–H groups in total. The maximum atomic E-state index is 12.6. The zero-order chi connectivity index (χ0) is 20.8. The van der Waals surface area contributed by atoms with E-state index in [0.717, 1.165) is 24.2 Å². The van der Waals surface area contributed by atoms with Crippen LogP contribution in [0.5, 0.6) is 17.2 Å². The van der Waals surface area contributed by atoms with E-state index < -0.39 is 6.10 Å². The Morgan fingerprint density at radius 3 is 2.55 bits per heavy atom. The van der Waals surface area contributed by atoms with Crippen molar-refractivity contribution in [2.45, 2.75) is 65.2 Å². The van der Waals surface area contributed by atoms with Gasteiger partial charge in [0.1, 0.15) is 5.75 Å². The van der Waals surface area contributed by atoms with Gasteiger partial charge in [-0.15, -0.1) is 0 Å². The van der Waals surface area contributed by atoms with Crippen molar-refractivity contribution in [3.8, 4) is 17.2 Å². The molecule has 5 heteroatoms. The number of hydrogen-bond donors (Lipinski definition) is 1. The summed E-state index contributed by atoms with van der Waals surface area (Å²) < 4.78 is 17.2. The van der Waals surface area contributed by atoms with Gasteiger partial charge in [-0.3, -0.25) is 4.79 Å². The Hall–Kier alpha value is -2.69. The van der Waals surface area contributed by atoms with Crippen molar-refractivity contribution in [3.05, 3.63) is 53.1 Å². The van der Waals surface area contributed by atoms with Crippen LogP contribution in [-0.2, 0) is 24.2 Å². The highest BCUT2D eigenvalue weighted by Gasteiger charge is 2.19. The Labute approximate surface area is 173 Å². The van der Waals surface area contributed by atoms with Gasteiger partial charge in [-0.2, -0.15) is 0 Å². The van der Waals surface area contributed by atoms with Crippen LogP contribution in [0.25, 0.3) is 0 Å². The quantitative estimate of drug-likeness (QED) is 0.715. The van der Waals surface area contributed by atoms with E-state index in [1.54, 1.807) is 14.0 Å². The number of fused-ring (bicyclic) bond motifs is 1. The average Bonchev–Trinajstić information content (AvgIpc) is 2.72. The highest BCUT2D eigenvalue weighted by Crippen LogP contribution is 2.31. The summed E-state index contributed by atoms with van der Waals surface area (Å²) in [7, 11) is 1.61. The number of ether oxygens (including phenoxy) is 3. The lowest BCUT2D eigenvalue weighted by Crippen LogP contribution is -2.36. The summed E-state index contributed by atoms with van der Waals surface area (Å²) in [5.41, 5.74) is 3.54. The molecule has 5 nitrogen and oxygen atoms in total. The van der Waals surface area contributed by atoms with Gasteiger partial charge in [-0.25, -0.2) is 0 Å². The molecule has 0 saturated carbocycles. The first kappa shape index (κ1) is 21.0. The smallest absolute Gasteiger partial charge is 0.261 e. The predicted octanol–water partition coefficient (Wildman–Crippen LogP) is 4.44. The van der Waals surface area contributed by atoms with Crippen molar-refractivity contribution in [1.82, 2.24) is 5.32 Å². The van der Waals surface area contributed by atoms with E-state index in [4.69, 9.17) is 14.2 Å². The molecule has 0 heterocycles. The Kier molecular flexibility index (Phi) is 7.02. The summed E-state index contributed by atoms with van der Waals surface area (Å²) >= 11 is 0. The van der Waals surface area contributed by atoms with Crippen LogP contribution in [0, 0.1) is 0 Å². The SMILES string of the molecule is COc1cc(CNC(=O)[C@H](C)Oc2cccc3c2CCCC3)ccc1OC(C)C. The molecule has 1 atom stereocenters. The van der Waals surface area contributed by atoms with Gasteiger partial charge in [0.2, 0.25) is 0 Å². The maximum absolute atomic E-state index is 12.6. The molecular formula is C24H31NO4. The largest absolute Gasteiger partial charge is 0.493 e. The van der Waals surface area contributed by atoms with Crippen molar-refractivity contribution < 1.29 is 19.0 Å². The second-order valence-electron chi connectivity index (χ2n) is 7.73. The Morgan fingerprint density at radius 1 is 1.00 bits per heavy atom. The standard InChI is InChI=1S/C24H31NO4/c1-16(2)28-22-13-12-18(14-23(22)27-4)15-25-24(26)17(3)29-21-11-7-9-19-8-5-6-10-20(19)21/h7,9,11-14,16-17H,5-6,8,10,15H2,1-4H3,(H,25,26)/t17-/m0/s1. The molecule has 1 amide bonds. The summed E-state index contributed by atoms with van der Waals surface area (Å²) in [6, 6.07) is 11.8. The molecule has 156 valence electrons. The highest BCUT2D eigenvalue weighted by atomic mass is 16.5. The van der Waals surface area contributed by atoms with Gasteiger partial charge >= 0.3 is 0 Å². The molecule has 2 aromatic rings. The molecule has 3 rings (SSSR count). The lowest BCUT2D eigenvalue weighted by molar-refractivity contribution is -0.127. The number of carbonyl (C=O) groups is 1. The highest BCUT2D eigenvalue weighted by molar-refractivity contribution is 5.80. The van der Waals surface area contributed by atoms with Crippen LogP contribution >= 0.6 is 0 Å². The van der Waals surface area contributed by atoms with Crippen molar-refractivity contribution in [2.24, 2.45) is 0 Å². The molecule has 0 saturated heterocycles. The third-order valence-corrected chi connectivity index (χ3v) is 5.08. The third-order valence-electron chi connectivity index (χ3n) is 5.08. The second-order valence-corrected chi connectivity index (χ2v) is 7.73. The van der Waals surface area contributed by atoms with Crippen molar-refractivity contribution >= 4 is 5.91 Å². The predicted molar refractivity (Wildman–Crippen MR) is 114 cm³/mol. The molecule has 0 aromatic heterocycles. The number of nitrogens with one attached hydrogen (secondary N) is 1. The molecule has 1 aliphatic rings. The monoisotopic (exact) mass is 397 g/mol. The molecule has 0 bridgehead atoms. The summed E-state index contributed by atoms with van der Waals surface area (Å²) in [6.45, 7) is 6.13. The fourth-order valence-corrected chi connectivity index (χ4v) is 3.61. The van der Waals surface area contributed by atoms with E-state index in [0.29, 0.717) is 18.0 Å². The number of rotatable bonds is 8. The van der Waals surface area contributed by atoms with Gasteiger partial charge < -0.3 is 19.5 Å². The molecule has 0 fully saturated rings. The lowest BCUT2D eigenvalue weighted by Gasteiger charge is -2.22. The fourth-order valence-electron chi connectivity index (χ4n) is 3.61. The van der Waals surface area contributed by atoms with E-state index in [2.05, 4.69) is 11.4 Å². The minimum Gasteiger partial charge on any atom is -0.493 e. The summed E-state index contributed by atoms with van der Waals surface area (Å²) in [6.07, 6.45) is 4.00. The minimum absolute atomic E-state index is 0.0659. The van der Waals surface area contributed by atoms with Gasteiger partial charge in [-0.05, 0) is 81.3 Å². The van der Waals surface area contributed by atoms with Crippen LogP contribution in [0.1, 0.15) is 50.3 Å². The maximum Gasteiger partial charge on any atom is 0.261 e. The number of benzene rings is 2. The fraction of sp³-hybridized carbons (Fsp3) is 0.458. The van der Waals surface area contributed by atoms with Crippen molar-refractivity contribution in [2.75, 3.05) is 7.11 Å².